The minimum absolute atomic E-state index is 0.201. The molecule has 0 aliphatic rings. The molecule has 0 spiro atoms. The van der Waals surface area contributed by atoms with Crippen molar-refractivity contribution in [2.24, 2.45) is 0 Å². The summed E-state index contributed by atoms with van der Waals surface area (Å²) in [5.41, 5.74) is -2.55. The zero-order valence-corrected chi connectivity index (χ0v) is 11.1. The fourth-order valence-corrected chi connectivity index (χ4v) is 1.81. The number of aldehydes is 1. The first-order chi connectivity index (χ1) is 10.6. The van der Waals surface area contributed by atoms with Gasteiger partial charge in [-0.25, -0.2) is 4.98 Å². The van der Waals surface area contributed by atoms with Crippen molar-refractivity contribution in [3.8, 4) is 17.0 Å². The van der Waals surface area contributed by atoms with Gasteiger partial charge in [-0.2, -0.15) is 13.2 Å². The molecular formula is C14H7F6NO2. The standard InChI is InChI=1S/C14H7F6NO2/c15-13(16,17)11-6-5-8(7-22)12(21-11)9-3-1-2-4-10(9)23-14(18,19)20/h1-7H. The van der Waals surface area contributed by atoms with E-state index < -0.39 is 29.7 Å². The van der Waals surface area contributed by atoms with E-state index in [0.717, 1.165) is 18.2 Å². The number of rotatable bonds is 3. The van der Waals surface area contributed by atoms with Gasteiger partial charge in [0.15, 0.2) is 6.29 Å². The molecule has 2 rings (SSSR count). The third-order valence-electron chi connectivity index (χ3n) is 2.71. The summed E-state index contributed by atoms with van der Waals surface area (Å²) < 4.78 is 79.1. The normalized spacial score (nSPS) is 12.1. The Kier molecular flexibility index (Phi) is 4.31. The van der Waals surface area contributed by atoms with Crippen molar-refractivity contribution in [3.05, 3.63) is 47.7 Å². The van der Waals surface area contributed by atoms with Crippen LogP contribution in [0, 0.1) is 0 Å². The molecule has 0 aliphatic heterocycles. The smallest absolute Gasteiger partial charge is 0.405 e. The number of carbonyl (C=O) groups excluding carboxylic acids is 1. The van der Waals surface area contributed by atoms with E-state index in [1.54, 1.807) is 0 Å². The second-order valence-corrected chi connectivity index (χ2v) is 4.29. The van der Waals surface area contributed by atoms with E-state index in [1.165, 1.54) is 12.1 Å². The highest BCUT2D eigenvalue weighted by Gasteiger charge is 2.35. The molecule has 122 valence electrons. The minimum atomic E-state index is -5.04. The Bertz CT molecular complexity index is 724. The van der Waals surface area contributed by atoms with Crippen molar-refractivity contribution in [3.63, 3.8) is 0 Å². The average Bonchev–Trinajstić information content (AvgIpc) is 2.44. The molecule has 3 nitrogen and oxygen atoms in total. The van der Waals surface area contributed by atoms with E-state index in [2.05, 4.69) is 9.72 Å². The first-order valence-corrected chi connectivity index (χ1v) is 6.00. The summed E-state index contributed by atoms with van der Waals surface area (Å²) in [7, 11) is 0. The Balaban J connectivity index is 2.64. The van der Waals surface area contributed by atoms with Gasteiger partial charge in [-0.05, 0) is 24.3 Å². The van der Waals surface area contributed by atoms with E-state index in [1.807, 2.05) is 0 Å². The summed E-state index contributed by atoms with van der Waals surface area (Å²) >= 11 is 0. The Morgan fingerprint density at radius 2 is 1.61 bits per heavy atom. The molecule has 0 amide bonds. The third kappa shape index (κ3) is 3.99. The van der Waals surface area contributed by atoms with Gasteiger partial charge < -0.3 is 4.74 Å². The number of hydrogen-bond donors (Lipinski definition) is 0. The molecule has 0 unspecified atom stereocenters. The topological polar surface area (TPSA) is 39.2 Å². The molecule has 1 aromatic carbocycles. The van der Waals surface area contributed by atoms with Crippen LogP contribution < -0.4 is 4.74 Å². The maximum absolute atomic E-state index is 12.7. The zero-order chi connectivity index (χ0) is 17.3. The Morgan fingerprint density at radius 3 is 2.17 bits per heavy atom. The molecule has 0 saturated heterocycles. The summed E-state index contributed by atoms with van der Waals surface area (Å²) in [6.07, 6.45) is -9.65. The van der Waals surface area contributed by atoms with Gasteiger partial charge >= 0.3 is 12.5 Å². The highest BCUT2D eigenvalue weighted by Crippen LogP contribution is 2.36. The van der Waals surface area contributed by atoms with E-state index in [0.29, 0.717) is 6.07 Å². The minimum Gasteiger partial charge on any atom is -0.405 e. The monoisotopic (exact) mass is 335 g/mol. The van der Waals surface area contributed by atoms with Gasteiger partial charge in [0.2, 0.25) is 0 Å². The van der Waals surface area contributed by atoms with Gasteiger partial charge in [-0.1, -0.05) is 12.1 Å². The summed E-state index contributed by atoms with van der Waals surface area (Å²) in [5.74, 6) is -0.755. The van der Waals surface area contributed by atoms with Crippen molar-refractivity contribution in [2.75, 3.05) is 0 Å². The van der Waals surface area contributed by atoms with Crippen molar-refractivity contribution in [1.82, 2.24) is 4.98 Å². The lowest BCUT2D eigenvalue weighted by molar-refractivity contribution is -0.274. The van der Waals surface area contributed by atoms with Gasteiger partial charge in [0.25, 0.3) is 0 Å². The predicted molar refractivity (Wildman–Crippen MR) is 66.7 cm³/mol. The lowest BCUT2D eigenvalue weighted by Gasteiger charge is -2.15. The number of para-hydroxylation sites is 1. The summed E-state index contributed by atoms with van der Waals surface area (Å²) in [5, 5.41) is 0. The fraction of sp³-hybridized carbons (Fsp3) is 0.143. The maximum Gasteiger partial charge on any atom is 0.573 e. The number of aromatic nitrogens is 1. The predicted octanol–water partition coefficient (Wildman–Crippen LogP) is 4.48. The van der Waals surface area contributed by atoms with Gasteiger partial charge in [-0.3, -0.25) is 4.79 Å². The molecule has 0 saturated carbocycles. The molecule has 0 radical (unpaired) electrons. The van der Waals surface area contributed by atoms with E-state index in [9.17, 15) is 31.1 Å². The molecule has 0 fully saturated rings. The second kappa shape index (κ2) is 5.90. The third-order valence-corrected chi connectivity index (χ3v) is 2.71. The first kappa shape index (κ1) is 16.8. The van der Waals surface area contributed by atoms with Crippen LogP contribution in [0.3, 0.4) is 0 Å². The molecule has 9 heteroatoms. The van der Waals surface area contributed by atoms with Crippen molar-refractivity contribution >= 4 is 6.29 Å². The van der Waals surface area contributed by atoms with Crippen LogP contribution in [0.5, 0.6) is 5.75 Å². The Labute approximate surface area is 125 Å². The van der Waals surface area contributed by atoms with Crippen LogP contribution in [-0.4, -0.2) is 17.6 Å². The number of halogens is 6. The number of hydrogen-bond acceptors (Lipinski definition) is 3. The number of carbonyl (C=O) groups is 1. The molecule has 1 aromatic heterocycles. The highest BCUT2D eigenvalue weighted by atomic mass is 19.4. The van der Waals surface area contributed by atoms with Crippen molar-refractivity contribution < 1.29 is 35.9 Å². The maximum atomic E-state index is 12.7. The number of benzene rings is 1. The lowest BCUT2D eigenvalue weighted by Crippen LogP contribution is -2.18. The first-order valence-electron chi connectivity index (χ1n) is 6.00. The van der Waals surface area contributed by atoms with Crippen LogP contribution >= 0.6 is 0 Å². The number of pyridine rings is 1. The molecule has 0 N–H and O–H groups in total. The summed E-state index contributed by atoms with van der Waals surface area (Å²) in [4.78, 5) is 14.2. The van der Waals surface area contributed by atoms with E-state index in [4.69, 9.17) is 0 Å². The van der Waals surface area contributed by atoms with Crippen molar-refractivity contribution in [2.45, 2.75) is 12.5 Å². The van der Waals surface area contributed by atoms with Crippen LogP contribution in [-0.2, 0) is 6.18 Å². The van der Waals surface area contributed by atoms with Crippen LogP contribution in [0.2, 0.25) is 0 Å². The van der Waals surface area contributed by atoms with Gasteiger partial charge in [0.05, 0.1) is 5.69 Å². The Hall–Kier alpha value is -2.58. The lowest BCUT2D eigenvalue weighted by atomic mass is 10.0. The Morgan fingerprint density at radius 1 is 0.957 bits per heavy atom. The quantitative estimate of drug-likeness (QED) is 0.613. The van der Waals surface area contributed by atoms with Crippen LogP contribution in [0.1, 0.15) is 16.1 Å². The molecule has 0 bridgehead atoms. The molecule has 1 heterocycles. The summed E-state index contributed by atoms with van der Waals surface area (Å²) in [6.45, 7) is 0. The number of ether oxygens (including phenoxy) is 1. The van der Waals surface area contributed by atoms with E-state index >= 15 is 0 Å². The SMILES string of the molecule is O=Cc1ccc(C(F)(F)F)nc1-c1ccccc1OC(F)(F)F. The van der Waals surface area contributed by atoms with Gasteiger partial charge in [0, 0.05) is 11.1 Å². The highest BCUT2D eigenvalue weighted by molar-refractivity contribution is 5.87. The number of nitrogens with zero attached hydrogens (tertiary/aromatic N) is 1. The zero-order valence-electron chi connectivity index (χ0n) is 11.1. The van der Waals surface area contributed by atoms with Crippen LogP contribution in [0.25, 0.3) is 11.3 Å². The molecule has 2 aromatic rings. The molecular weight excluding hydrogens is 328 g/mol. The molecule has 0 atom stereocenters. The summed E-state index contributed by atoms with van der Waals surface area (Å²) in [6, 6.07) is 5.90. The average molecular weight is 335 g/mol. The second-order valence-electron chi connectivity index (χ2n) is 4.29. The number of alkyl halides is 6. The molecule has 0 aliphatic carbocycles. The van der Waals surface area contributed by atoms with Crippen molar-refractivity contribution in [1.29, 1.82) is 0 Å². The fourth-order valence-electron chi connectivity index (χ4n) is 1.81. The van der Waals surface area contributed by atoms with Crippen LogP contribution in [0.15, 0.2) is 36.4 Å². The largest absolute Gasteiger partial charge is 0.573 e. The van der Waals surface area contributed by atoms with Gasteiger partial charge in [0.1, 0.15) is 11.4 Å². The van der Waals surface area contributed by atoms with Crippen LogP contribution in [0.4, 0.5) is 26.3 Å². The van der Waals surface area contributed by atoms with Gasteiger partial charge in [-0.15, -0.1) is 13.2 Å². The van der Waals surface area contributed by atoms with E-state index in [-0.39, 0.29) is 17.4 Å². The molecule has 23 heavy (non-hydrogen) atoms.